The molecule has 0 aromatic heterocycles. The number of rotatable bonds is 3. The van der Waals surface area contributed by atoms with Crippen LogP contribution in [0.4, 0.5) is 5.69 Å². The zero-order chi connectivity index (χ0) is 13.5. The van der Waals surface area contributed by atoms with Gasteiger partial charge in [-0.2, -0.15) is 0 Å². The molecule has 0 saturated carbocycles. The Morgan fingerprint density at radius 1 is 1.32 bits per heavy atom. The summed E-state index contributed by atoms with van der Waals surface area (Å²) in [6, 6.07) is 6.24. The fourth-order valence-electron chi connectivity index (χ4n) is 3.31. The minimum absolute atomic E-state index is 0.342. The van der Waals surface area contributed by atoms with E-state index in [9.17, 15) is 0 Å². The van der Waals surface area contributed by atoms with E-state index in [1.54, 1.807) is 0 Å². The summed E-state index contributed by atoms with van der Waals surface area (Å²) in [5.41, 5.74) is 9.11. The fourth-order valence-corrected chi connectivity index (χ4v) is 3.31. The quantitative estimate of drug-likeness (QED) is 0.837. The molecule has 1 aromatic rings. The van der Waals surface area contributed by atoms with Gasteiger partial charge in [-0.3, -0.25) is 9.98 Å². The van der Waals surface area contributed by atoms with E-state index in [1.807, 2.05) is 18.5 Å². The van der Waals surface area contributed by atoms with Crippen LogP contribution in [-0.4, -0.2) is 43.6 Å². The lowest BCUT2D eigenvalue weighted by Crippen LogP contribution is -2.40. The summed E-state index contributed by atoms with van der Waals surface area (Å²) >= 11 is 0. The summed E-state index contributed by atoms with van der Waals surface area (Å²) in [4.78, 5) is 11.5. The molecular formula is C15H20N4. The lowest BCUT2D eigenvalue weighted by atomic mass is 9.87. The molecule has 4 heteroatoms. The van der Waals surface area contributed by atoms with Crippen LogP contribution in [0.3, 0.4) is 0 Å². The molecule has 1 atom stereocenters. The van der Waals surface area contributed by atoms with E-state index in [2.05, 4.69) is 31.1 Å². The molecule has 2 aliphatic rings. The first-order valence-corrected chi connectivity index (χ1v) is 6.73. The molecular weight excluding hydrogens is 236 g/mol. The Labute approximate surface area is 114 Å². The van der Waals surface area contributed by atoms with Crippen molar-refractivity contribution in [3.63, 3.8) is 0 Å². The van der Waals surface area contributed by atoms with E-state index in [4.69, 9.17) is 15.7 Å². The molecule has 0 amide bonds. The largest absolute Gasteiger partial charge is 0.399 e. The van der Waals surface area contributed by atoms with Crippen molar-refractivity contribution < 1.29 is 0 Å². The first-order valence-electron chi connectivity index (χ1n) is 6.73. The lowest BCUT2D eigenvalue weighted by molar-refractivity contribution is 0.257. The zero-order valence-electron chi connectivity index (χ0n) is 11.5. The maximum Gasteiger partial charge on any atom is 0.169 e. The van der Waals surface area contributed by atoms with E-state index < -0.39 is 0 Å². The third-order valence-corrected chi connectivity index (χ3v) is 4.01. The Kier molecular flexibility index (Phi) is 2.90. The lowest BCUT2D eigenvalue weighted by Gasteiger charge is -2.33. The number of nitrogens with zero attached hydrogens (tertiary/aromatic N) is 3. The minimum Gasteiger partial charge on any atom is -0.399 e. The van der Waals surface area contributed by atoms with Crippen LogP contribution in [0.15, 0.2) is 28.2 Å². The summed E-state index contributed by atoms with van der Waals surface area (Å²) in [5, 5.41) is 0. The molecule has 1 unspecified atom stereocenters. The van der Waals surface area contributed by atoms with E-state index in [1.165, 1.54) is 11.1 Å². The van der Waals surface area contributed by atoms with Gasteiger partial charge in [0.05, 0.1) is 0 Å². The minimum atomic E-state index is -0.342. The molecule has 19 heavy (non-hydrogen) atoms. The zero-order valence-corrected chi connectivity index (χ0v) is 11.5. The van der Waals surface area contributed by atoms with E-state index >= 15 is 0 Å². The second kappa shape index (κ2) is 4.46. The van der Waals surface area contributed by atoms with Crippen LogP contribution in [0.5, 0.6) is 0 Å². The first-order chi connectivity index (χ1) is 9.11. The maximum atomic E-state index is 5.88. The number of hydrogen-bond donors (Lipinski definition) is 1. The number of likely N-dealkylation sites (N-methyl/N-ethyl adjacent to an activating group) is 1. The summed E-state index contributed by atoms with van der Waals surface area (Å²) in [6.07, 6.45) is 5.84. The van der Waals surface area contributed by atoms with Crippen molar-refractivity contribution in [2.75, 3.05) is 26.4 Å². The van der Waals surface area contributed by atoms with Crippen LogP contribution in [0.1, 0.15) is 23.5 Å². The molecule has 1 aliphatic carbocycles. The molecule has 1 aromatic carbocycles. The average molecular weight is 256 g/mol. The number of aryl methyl sites for hydroxylation is 1. The molecule has 0 saturated heterocycles. The summed E-state index contributed by atoms with van der Waals surface area (Å²) in [7, 11) is 4.15. The van der Waals surface area contributed by atoms with Crippen LogP contribution >= 0.6 is 0 Å². The standard InChI is InChI=1S/C15H20N4/c1-19(2)10-15(17-7-8-18-15)14-6-3-11-9-12(16)4-5-13(11)14/h4-5,7-9,14H,3,6,10,16H2,1-2H3. The van der Waals surface area contributed by atoms with Crippen molar-refractivity contribution in [2.45, 2.75) is 24.4 Å². The van der Waals surface area contributed by atoms with E-state index in [0.717, 1.165) is 25.1 Å². The Morgan fingerprint density at radius 2 is 2.05 bits per heavy atom. The SMILES string of the molecule is CN(C)CC1(C2CCc3cc(N)ccc32)N=CC=N1. The fraction of sp³-hybridized carbons (Fsp3) is 0.467. The van der Waals surface area contributed by atoms with Gasteiger partial charge in [0, 0.05) is 30.6 Å². The van der Waals surface area contributed by atoms with Crippen molar-refractivity contribution in [1.29, 1.82) is 0 Å². The van der Waals surface area contributed by atoms with Gasteiger partial charge in [-0.05, 0) is 50.2 Å². The molecule has 1 aliphatic heterocycles. The van der Waals surface area contributed by atoms with Crippen molar-refractivity contribution in [1.82, 2.24) is 4.90 Å². The molecule has 2 N–H and O–H groups in total. The van der Waals surface area contributed by atoms with Crippen LogP contribution in [0.2, 0.25) is 0 Å². The molecule has 0 radical (unpaired) electrons. The third kappa shape index (κ3) is 2.06. The monoisotopic (exact) mass is 256 g/mol. The predicted octanol–water partition coefficient (Wildman–Crippen LogP) is 1.71. The second-order valence-corrected chi connectivity index (χ2v) is 5.72. The molecule has 4 nitrogen and oxygen atoms in total. The Balaban J connectivity index is 1.99. The van der Waals surface area contributed by atoms with Crippen molar-refractivity contribution >= 4 is 18.1 Å². The second-order valence-electron chi connectivity index (χ2n) is 5.72. The Hall–Kier alpha value is -1.68. The van der Waals surface area contributed by atoms with Gasteiger partial charge in [0.1, 0.15) is 0 Å². The van der Waals surface area contributed by atoms with Crippen molar-refractivity contribution in [2.24, 2.45) is 9.98 Å². The molecule has 0 spiro atoms. The van der Waals surface area contributed by atoms with Gasteiger partial charge < -0.3 is 10.6 Å². The predicted molar refractivity (Wildman–Crippen MR) is 80.2 cm³/mol. The van der Waals surface area contributed by atoms with Crippen molar-refractivity contribution in [3.05, 3.63) is 29.3 Å². The van der Waals surface area contributed by atoms with Crippen LogP contribution < -0.4 is 5.73 Å². The van der Waals surface area contributed by atoms with Gasteiger partial charge in [0.2, 0.25) is 0 Å². The van der Waals surface area contributed by atoms with Gasteiger partial charge in [0.15, 0.2) is 5.66 Å². The number of nitrogen functional groups attached to an aromatic ring is 1. The number of benzene rings is 1. The average Bonchev–Trinajstić information content (AvgIpc) is 2.94. The van der Waals surface area contributed by atoms with Crippen LogP contribution in [-0.2, 0) is 6.42 Å². The first kappa shape index (κ1) is 12.4. The summed E-state index contributed by atoms with van der Waals surface area (Å²) in [5.74, 6) is 0.362. The van der Waals surface area contributed by atoms with Gasteiger partial charge in [0.25, 0.3) is 0 Å². The summed E-state index contributed by atoms with van der Waals surface area (Å²) < 4.78 is 0. The highest BCUT2D eigenvalue weighted by Crippen LogP contribution is 2.44. The molecule has 0 bridgehead atoms. The Morgan fingerprint density at radius 3 is 2.74 bits per heavy atom. The highest BCUT2D eigenvalue weighted by molar-refractivity contribution is 6.17. The van der Waals surface area contributed by atoms with Gasteiger partial charge in [-0.15, -0.1) is 0 Å². The van der Waals surface area contributed by atoms with Crippen molar-refractivity contribution in [3.8, 4) is 0 Å². The Bertz CT molecular complexity index is 533. The molecule has 1 heterocycles. The van der Waals surface area contributed by atoms with Gasteiger partial charge in [-0.25, -0.2) is 0 Å². The highest BCUT2D eigenvalue weighted by Gasteiger charge is 2.43. The van der Waals surface area contributed by atoms with Crippen LogP contribution in [0.25, 0.3) is 0 Å². The maximum absolute atomic E-state index is 5.88. The van der Waals surface area contributed by atoms with Crippen LogP contribution in [0, 0.1) is 0 Å². The number of aliphatic imine (C=N–C) groups is 2. The normalized spacial score (nSPS) is 23.2. The van der Waals surface area contributed by atoms with E-state index in [-0.39, 0.29) is 5.66 Å². The smallest absolute Gasteiger partial charge is 0.169 e. The number of nitrogens with two attached hydrogens (primary N) is 1. The number of anilines is 1. The topological polar surface area (TPSA) is 54.0 Å². The van der Waals surface area contributed by atoms with Gasteiger partial charge in [-0.1, -0.05) is 6.07 Å². The number of hydrogen-bond acceptors (Lipinski definition) is 4. The molecule has 3 rings (SSSR count). The molecule has 0 fully saturated rings. The molecule has 100 valence electrons. The summed E-state index contributed by atoms with van der Waals surface area (Å²) in [6.45, 7) is 0.842. The van der Waals surface area contributed by atoms with E-state index in [0.29, 0.717) is 5.92 Å². The third-order valence-electron chi connectivity index (χ3n) is 4.01. The number of fused-ring (bicyclic) bond motifs is 1. The highest BCUT2D eigenvalue weighted by atomic mass is 15.2. The van der Waals surface area contributed by atoms with Gasteiger partial charge >= 0.3 is 0 Å².